The number of imide groups is 1. The van der Waals surface area contributed by atoms with Crippen LogP contribution in [0, 0.1) is 17.8 Å². The molecule has 9 heteroatoms. The molecule has 3 N–H and O–H groups in total. The van der Waals surface area contributed by atoms with E-state index in [4.69, 9.17) is 0 Å². The van der Waals surface area contributed by atoms with Crippen molar-refractivity contribution in [2.24, 2.45) is 17.8 Å². The topological polar surface area (TPSA) is 83.2 Å². The summed E-state index contributed by atoms with van der Waals surface area (Å²) in [6.07, 6.45) is 10.8. The summed E-state index contributed by atoms with van der Waals surface area (Å²) in [6, 6.07) is 1.56. The lowest BCUT2D eigenvalue weighted by molar-refractivity contribution is -0.138. The molecule has 3 saturated heterocycles. The smallest absolute Gasteiger partial charge is 0.306 e. The maximum Gasteiger partial charge on any atom is 0.327 e. The molecule has 4 unspecified atom stereocenters. The van der Waals surface area contributed by atoms with Gasteiger partial charge in [0.1, 0.15) is 12.1 Å². The van der Waals surface area contributed by atoms with E-state index in [1.165, 1.54) is 62.7 Å². The first kappa shape index (κ1) is 26.4. The van der Waals surface area contributed by atoms with Gasteiger partial charge < -0.3 is 10.2 Å². The first-order valence-electron chi connectivity index (χ1n) is 14.7. The van der Waals surface area contributed by atoms with Gasteiger partial charge >= 0.3 is 6.03 Å². The molecule has 2 aliphatic carbocycles. The van der Waals surface area contributed by atoms with E-state index in [1.807, 2.05) is 4.90 Å². The van der Waals surface area contributed by atoms with Crippen LogP contribution in [0.3, 0.4) is 0 Å². The van der Waals surface area contributed by atoms with E-state index in [2.05, 4.69) is 46.7 Å². The summed E-state index contributed by atoms with van der Waals surface area (Å²) in [5.41, 5.74) is 3.70. The van der Waals surface area contributed by atoms with Crippen molar-refractivity contribution >= 4 is 11.9 Å². The summed E-state index contributed by atoms with van der Waals surface area (Å²) in [5.74, 6) is 0.629. The average molecular weight is 504 g/mol. The Balaban J connectivity index is 1.30. The molecule has 0 bridgehead atoms. The SMILES string of the molecule is CC(C)CN1C(=O)N(C)C(=O)C2C(NC3CCCCC3)N(CC3CCC(N4CNC(C)C4)CC3)NC21. The molecule has 3 heterocycles. The molecule has 5 fully saturated rings. The van der Waals surface area contributed by atoms with Gasteiger partial charge in [-0.25, -0.2) is 15.2 Å². The van der Waals surface area contributed by atoms with Gasteiger partial charge in [-0.05, 0) is 57.3 Å². The van der Waals surface area contributed by atoms with Crippen LogP contribution in [0.1, 0.15) is 78.6 Å². The number of urea groups is 1. The summed E-state index contributed by atoms with van der Waals surface area (Å²) in [5, 5.41) is 9.81. The Kier molecular flexibility index (Phi) is 8.22. The summed E-state index contributed by atoms with van der Waals surface area (Å²) in [6.45, 7) is 10.3. The number of hydrazine groups is 1. The fourth-order valence-corrected chi connectivity index (χ4v) is 7.32. The highest BCUT2D eigenvalue weighted by Gasteiger charge is 2.55. The predicted molar refractivity (Wildman–Crippen MR) is 141 cm³/mol. The number of carbonyl (C=O) groups is 2. The third-order valence-corrected chi connectivity index (χ3v) is 9.31. The number of nitrogens with zero attached hydrogens (tertiary/aromatic N) is 4. The number of carbonyl (C=O) groups excluding carboxylic acids is 2. The molecule has 3 aliphatic heterocycles. The third kappa shape index (κ3) is 5.46. The minimum atomic E-state index is -0.276. The second-order valence-electron chi connectivity index (χ2n) is 12.6. The molecular weight excluding hydrogens is 454 g/mol. The zero-order valence-electron chi connectivity index (χ0n) is 22.9. The van der Waals surface area contributed by atoms with E-state index in [-0.39, 0.29) is 30.2 Å². The third-order valence-electron chi connectivity index (χ3n) is 9.31. The van der Waals surface area contributed by atoms with Crippen LogP contribution in [0.2, 0.25) is 0 Å². The zero-order valence-corrected chi connectivity index (χ0v) is 22.9. The highest BCUT2D eigenvalue weighted by atomic mass is 16.2. The predicted octanol–water partition coefficient (Wildman–Crippen LogP) is 2.36. The van der Waals surface area contributed by atoms with E-state index in [0.717, 1.165) is 19.8 Å². The largest absolute Gasteiger partial charge is 0.327 e. The number of fused-ring (bicyclic) bond motifs is 1. The fourth-order valence-electron chi connectivity index (χ4n) is 7.32. The fraction of sp³-hybridized carbons (Fsp3) is 0.926. The van der Waals surface area contributed by atoms with Gasteiger partial charge in [0.05, 0.1) is 6.17 Å². The van der Waals surface area contributed by atoms with E-state index >= 15 is 0 Å². The molecule has 4 atom stereocenters. The van der Waals surface area contributed by atoms with E-state index in [0.29, 0.717) is 36.5 Å². The van der Waals surface area contributed by atoms with Crippen LogP contribution in [0.15, 0.2) is 0 Å². The number of amides is 3. The van der Waals surface area contributed by atoms with Crippen molar-refractivity contribution in [2.45, 2.75) is 109 Å². The molecule has 0 aromatic heterocycles. The molecule has 0 spiro atoms. The number of hydrogen-bond donors (Lipinski definition) is 3. The lowest BCUT2D eigenvalue weighted by Gasteiger charge is -2.42. The lowest BCUT2D eigenvalue weighted by atomic mass is 9.85. The van der Waals surface area contributed by atoms with Crippen molar-refractivity contribution in [2.75, 3.05) is 33.4 Å². The summed E-state index contributed by atoms with van der Waals surface area (Å²) in [4.78, 5) is 32.5. The molecule has 0 aromatic carbocycles. The summed E-state index contributed by atoms with van der Waals surface area (Å²) in [7, 11) is 1.66. The quantitative estimate of drug-likeness (QED) is 0.492. The van der Waals surface area contributed by atoms with Crippen molar-refractivity contribution in [3.8, 4) is 0 Å². The van der Waals surface area contributed by atoms with Crippen molar-refractivity contribution in [1.29, 1.82) is 0 Å². The minimum Gasteiger partial charge on any atom is -0.306 e. The van der Waals surface area contributed by atoms with Gasteiger partial charge in [0, 0.05) is 51.5 Å². The van der Waals surface area contributed by atoms with Gasteiger partial charge in [-0.1, -0.05) is 33.1 Å². The van der Waals surface area contributed by atoms with E-state index in [1.54, 1.807) is 7.05 Å². The highest BCUT2D eigenvalue weighted by molar-refractivity contribution is 5.98. The Morgan fingerprint density at radius 3 is 2.39 bits per heavy atom. The van der Waals surface area contributed by atoms with Crippen LogP contribution in [0.4, 0.5) is 4.79 Å². The molecule has 9 nitrogen and oxygen atoms in total. The zero-order chi connectivity index (χ0) is 25.4. The van der Waals surface area contributed by atoms with Crippen LogP contribution < -0.4 is 16.1 Å². The average Bonchev–Trinajstić information content (AvgIpc) is 3.45. The van der Waals surface area contributed by atoms with Gasteiger partial charge in [-0.2, -0.15) is 0 Å². The van der Waals surface area contributed by atoms with Gasteiger partial charge in [0.2, 0.25) is 5.91 Å². The first-order chi connectivity index (χ1) is 17.3. The van der Waals surface area contributed by atoms with Crippen LogP contribution in [0.25, 0.3) is 0 Å². The number of nitrogens with one attached hydrogen (secondary N) is 3. The molecule has 0 radical (unpaired) electrons. The maximum atomic E-state index is 13.5. The van der Waals surface area contributed by atoms with Crippen LogP contribution in [0.5, 0.6) is 0 Å². The van der Waals surface area contributed by atoms with Crippen LogP contribution in [-0.4, -0.2) is 95.5 Å². The van der Waals surface area contributed by atoms with Gasteiger partial charge in [0.25, 0.3) is 0 Å². The lowest BCUT2D eigenvalue weighted by Crippen LogP contribution is -2.64. The van der Waals surface area contributed by atoms with Crippen molar-refractivity contribution in [1.82, 2.24) is 35.8 Å². The molecule has 5 aliphatic rings. The molecule has 2 saturated carbocycles. The van der Waals surface area contributed by atoms with Crippen molar-refractivity contribution in [3.63, 3.8) is 0 Å². The van der Waals surface area contributed by atoms with Gasteiger partial charge in [-0.3, -0.25) is 19.9 Å². The highest BCUT2D eigenvalue weighted by Crippen LogP contribution is 2.35. The molecule has 0 aromatic rings. The Hall–Kier alpha value is -1.26. The van der Waals surface area contributed by atoms with E-state index < -0.39 is 0 Å². The normalized spacial score (nSPS) is 37.4. The monoisotopic (exact) mass is 503 g/mol. The molecule has 36 heavy (non-hydrogen) atoms. The molecular formula is C27H49N7O2. The van der Waals surface area contributed by atoms with E-state index in [9.17, 15) is 9.59 Å². The summed E-state index contributed by atoms with van der Waals surface area (Å²) < 4.78 is 0. The Bertz CT molecular complexity index is 780. The van der Waals surface area contributed by atoms with Gasteiger partial charge in [0.15, 0.2) is 0 Å². The number of rotatable bonds is 7. The second-order valence-corrected chi connectivity index (χ2v) is 12.6. The Labute approximate surface area is 217 Å². The molecule has 3 amide bonds. The molecule has 5 rings (SSSR count). The number of hydrogen-bond acceptors (Lipinski definition) is 7. The van der Waals surface area contributed by atoms with Crippen LogP contribution >= 0.6 is 0 Å². The van der Waals surface area contributed by atoms with Crippen molar-refractivity contribution < 1.29 is 9.59 Å². The Morgan fingerprint density at radius 2 is 1.75 bits per heavy atom. The van der Waals surface area contributed by atoms with Crippen molar-refractivity contribution in [3.05, 3.63) is 0 Å². The second kappa shape index (κ2) is 11.2. The maximum absolute atomic E-state index is 13.5. The van der Waals surface area contributed by atoms with Crippen LogP contribution in [-0.2, 0) is 4.79 Å². The van der Waals surface area contributed by atoms with Gasteiger partial charge in [-0.15, -0.1) is 0 Å². The Morgan fingerprint density at radius 1 is 1.03 bits per heavy atom. The minimum absolute atomic E-state index is 0.0484. The summed E-state index contributed by atoms with van der Waals surface area (Å²) >= 11 is 0. The first-order valence-corrected chi connectivity index (χ1v) is 14.7. The molecule has 204 valence electrons. The standard InChI is InChI=1S/C27H49N7O2/c1-18(2)14-33-25-23(26(35)31(4)27(33)36)24(29-21-8-6-5-7-9-21)34(30-25)16-20-10-12-22(13-11-20)32-15-19(3)28-17-32/h18-25,28-30H,5-17H2,1-4H3.